The largest absolute Gasteiger partial charge is 0.472 e. The number of esters is 3. The maximum Gasteiger partial charge on any atom is 0.334 e. The fourth-order valence-electron chi connectivity index (χ4n) is 5.81. The first kappa shape index (κ1) is 17.5. The van der Waals surface area contributed by atoms with Crippen molar-refractivity contribution in [3.63, 3.8) is 0 Å². The minimum atomic E-state index is -0.854. The number of fused-ring (bicyclic) bond motifs is 1. The molecular weight excluding hydrogens is 364 g/mol. The minimum absolute atomic E-state index is 0.140. The molecule has 2 fully saturated rings. The SMILES string of the molecule is CC(=O)OC1C2OC(=O)C3=C2C(CCC3)C2(CC(c3ccoc3)OC2=O)C1C. The van der Waals surface area contributed by atoms with Crippen LogP contribution in [0.2, 0.25) is 0 Å². The fourth-order valence-corrected chi connectivity index (χ4v) is 5.81. The van der Waals surface area contributed by atoms with Gasteiger partial charge < -0.3 is 18.6 Å². The number of hydrogen-bond acceptors (Lipinski definition) is 7. The third-order valence-electron chi connectivity index (χ3n) is 7.03. The topological polar surface area (TPSA) is 92.0 Å². The van der Waals surface area contributed by atoms with Gasteiger partial charge in [0, 0.05) is 36.3 Å². The summed E-state index contributed by atoms with van der Waals surface area (Å²) in [7, 11) is 0. The number of carbonyl (C=O) groups excluding carboxylic acids is 3. The molecule has 0 N–H and O–H groups in total. The molecule has 1 saturated carbocycles. The minimum Gasteiger partial charge on any atom is -0.472 e. The van der Waals surface area contributed by atoms with Crippen molar-refractivity contribution in [3.8, 4) is 0 Å². The van der Waals surface area contributed by atoms with Crippen LogP contribution in [0, 0.1) is 17.3 Å². The van der Waals surface area contributed by atoms with E-state index in [4.69, 9.17) is 18.6 Å². The molecule has 28 heavy (non-hydrogen) atoms. The maximum absolute atomic E-state index is 13.3. The van der Waals surface area contributed by atoms with Crippen molar-refractivity contribution in [1.82, 2.24) is 0 Å². The van der Waals surface area contributed by atoms with Crippen molar-refractivity contribution < 1.29 is 33.0 Å². The first-order chi connectivity index (χ1) is 13.4. The van der Waals surface area contributed by atoms with E-state index in [1.165, 1.54) is 6.92 Å². The van der Waals surface area contributed by atoms with Crippen molar-refractivity contribution in [2.24, 2.45) is 17.3 Å². The van der Waals surface area contributed by atoms with Crippen molar-refractivity contribution in [3.05, 3.63) is 35.3 Å². The molecule has 7 heteroatoms. The van der Waals surface area contributed by atoms with E-state index in [1.54, 1.807) is 18.6 Å². The molecule has 0 radical (unpaired) electrons. The summed E-state index contributed by atoms with van der Waals surface area (Å²) in [5, 5.41) is 0. The second kappa shape index (κ2) is 5.96. The molecule has 1 spiro atoms. The first-order valence-electron chi connectivity index (χ1n) is 9.77. The molecule has 5 rings (SSSR count). The molecule has 4 aliphatic rings. The highest BCUT2D eigenvalue weighted by molar-refractivity contribution is 5.94. The van der Waals surface area contributed by atoms with Crippen molar-refractivity contribution in [2.45, 2.75) is 57.8 Å². The monoisotopic (exact) mass is 386 g/mol. The summed E-state index contributed by atoms with van der Waals surface area (Å²) in [6.07, 6.45) is 4.15. The van der Waals surface area contributed by atoms with E-state index in [0.29, 0.717) is 18.4 Å². The third-order valence-corrected chi connectivity index (χ3v) is 7.03. The second-order valence-corrected chi connectivity index (χ2v) is 8.26. The Morgan fingerprint density at radius 3 is 2.82 bits per heavy atom. The van der Waals surface area contributed by atoms with Crippen molar-refractivity contribution in [1.29, 1.82) is 0 Å². The van der Waals surface area contributed by atoms with Crippen LogP contribution in [0.3, 0.4) is 0 Å². The smallest absolute Gasteiger partial charge is 0.334 e. The maximum atomic E-state index is 13.3. The van der Waals surface area contributed by atoms with E-state index in [9.17, 15) is 14.4 Å². The lowest BCUT2D eigenvalue weighted by Gasteiger charge is -2.50. The van der Waals surface area contributed by atoms with Gasteiger partial charge in [-0.3, -0.25) is 9.59 Å². The molecule has 7 nitrogen and oxygen atoms in total. The number of hydrogen-bond donors (Lipinski definition) is 0. The van der Waals surface area contributed by atoms with E-state index in [2.05, 4.69) is 0 Å². The van der Waals surface area contributed by atoms with Crippen LogP contribution in [-0.4, -0.2) is 30.1 Å². The second-order valence-electron chi connectivity index (χ2n) is 8.26. The van der Waals surface area contributed by atoms with E-state index in [1.807, 2.05) is 6.92 Å². The van der Waals surface area contributed by atoms with E-state index >= 15 is 0 Å². The highest BCUT2D eigenvalue weighted by Crippen LogP contribution is 2.63. The van der Waals surface area contributed by atoms with Gasteiger partial charge in [-0.1, -0.05) is 6.92 Å². The lowest BCUT2D eigenvalue weighted by atomic mass is 9.53. The zero-order valence-electron chi connectivity index (χ0n) is 15.8. The third kappa shape index (κ3) is 2.19. The summed E-state index contributed by atoms with van der Waals surface area (Å²) in [4.78, 5) is 37.6. The van der Waals surface area contributed by atoms with Gasteiger partial charge in [0.25, 0.3) is 0 Å². The zero-order chi connectivity index (χ0) is 19.6. The van der Waals surface area contributed by atoms with Crippen LogP contribution >= 0.6 is 0 Å². The van der Waals surface area contributed by atoms with Crippen molar-refractivity contribution >= 4 is 17.9 Å². The van der Waals surface area contributed by atoms with Gasteiger partial charge in [-0.15, -0.1) is 0 Å². The molecule has 6 unspecified atom stereocenters. The molecule has 0 amide bonds. The van der Waals surface area contributed by atoms with Gasteiger partial charge in [-0.25, -0.2) is 4.79 Å². The number of cyclic esters (lactones) is 1. The highest BCUT2D eigenvalue weighted by atomic mass is 16.6. The normalized spacial score (nSPS) is 39.0. The Morgan fingerprint density at radius 2 is 2.11 bits per heavy atom. The molecule has 1 saturated heterocycles. The molecule has 1 aromatic heterocycles. The van der Waals surface area contributed by atoms with Gasteiger partial charge in [0.15, 0.2) is 6.10 Å². The Morgan fingerprint density at radius 1 is 1.29 bits per heavy atom. The van der Waals surface area contributed by atoms with Gasteiger partial charge in [-0.05, 0) is 30.9 Å². The summed E-state index contributed by atoms with van der Waals surface area (Å²) in [5.74, 6) is -1.57. The van der Waals surface area contributed by atoms with Crippen LogP contribution in [0.25, 0.3) is 0 Å². The number of furan rings is 1. The molecule has 3 heterocycles. The molecule has 2 aliphatic heterocycles. The Bertz CT molecular complexity index is 883. The zero-order valence-corrected chi connectivity index (χ0v) is 15.8. The van der Waals surface area contributed by atoms with E-state index < -0.39 is 29.7 Å². The van der Waals surface area contributed by atoms with Gasteiger partial charge in [0.2, 0.25) is 0 Å². The molecule has 6 atom stereocenters. The van der Waals surface area contributed by atoms with Gasteiger partial charge in [-0.2, -0.15) is 0 Å². The van der Waals surface area contributed by atoms with Gasteiger partial charge in [0.1, 0.15) is 12.2 Å². The fraction of sp³-hybridized carbons (Fsp3) is 0.571. The summed E-state index contributed by atoms with van der Waals surface area (Å²) in [6.45, 7) is 3.24. The molecule has 2 aliphatic carbocycles. The van der Waals surface area contributed by atoms with Gasteiger partial charge in [0.05, 0.1) is 17.9 Å². The van der Waals surface area contributed by atoms with E-state index in [0.717, 1.165) is 24.0 Å². The van der Waals surface area contributed by atoms with Crippen LogP contribution in [-0.2, 0) is 28.6 Å². The Balaban J connectivity index is 1.63. The molecule has 0 bridgehead atoms. The molecule has 0 aromatic carbocycles. The predicted octanol–water partition coefficient (Wildman–Crippen LogP) is 2.86. The van der Waals surface area contributed by atoms with Crippen LogP contribution < -0.4 is 0 Å². The number of carbonyl (C=O) groups is 3. The lowest BCUT2D eigenvalue weighted by molar-refractivity contribution is -0.180. The van der Waals surface area contributed by atoms with Crippen LogP contribution in [0.5, 0.6) is 0 Å². The summed E-state index contributed by atoms with van der Waals surface area (Å²) in [5.41, 5.74) is 1.47. The highest BCUT2D eigenvalue weighted by Gasteiger charge is 2.68. The Labute approximate surface area is 162 Å². The Hall–Kier alpha value is -2.57. The summed E-state index contributed by atoms with van der Waals surface area (Å²) >= 11 is 0. The Kier molecular flexibility index (Phi) is 3.73. The van der Waals surface area contributed by atoms with Crippen LogP contribution in [0.15, 0.2) is 34.2 Å². The van der Waals surface area contributed by atoms with Crippen molar-refractivity contribution in [2.75, 3.05) is 0 Å². The summed E-state index contributed by atoms with van der Waals surface area (Å²) in [6, 6.07) is 1.80. The van der Waals surface area contributed by atoms with Gasteiger partial charge >= 0.3 is 17.9 Å². The summed E-state index contributed by atoms with van der Waals surface area (Å²) < 4.78 is 22.2. The average molecular weight is 386 g/mol. The van der Waals surface area contributed by atoms with E-state index in [-0.39, 0.29) is 23.8 Å². The molecule has 148 valence electrons. The number of rotatable bonds is 2. The molecular formula is C21H22O7. The standard InChI is InChI=1S/C21H22O7/c1-10-17(26-11(2)22)18-16-13(19(23)28-18)4-3-5-14(16)21(10)8-15(27-20(21)24)12-6-7-25-9-12/h6-7,9-10,14-15,17-18H,3-5,8H2,1-2H3. The van der Waals surface area contributed by atoms with Crippen LogP contribution in [0.4, 0.5) is 0 Å². The van der Waals surface area contributed by atoms with Crippen LogP contribution in [0.1, 0.15) is 51.2 Å². The average Bonchev–Trinajstić information content (AvgIpc) is 3.37. The first-order valence-corrected chi connectivity index (χ1v) is 9.77. The molecule has 1 aromatic rings. The lowest BCUT2D eigenvalue weighted by Crippen LogP contribution is -2.57. The predicted molar refractivity (Wildman–Crippen MR) is 93.6 cm³/mol. The number of ether oxygens (including phenoxy) is 3. The quantitative estimate of drug-likeness (QED) is 0.570.